The zero-order chi connectivity index (χ0) is 16.7. The van der Waals surface area contributed by atoms with Crippen molar-refractivity contribution >= 4 is 11.9 Å². The number of likely N-dealkylation sites (N-methyl/N-ethyl adjacent to an activating group) is 1. The highest BCUT2D eigenvalue weighted by molar-refractivity contribution is 5.85. The van der Waals surface area contributed by atoms with Crippen molar-refractivity contribution in [3.63, 3.8) is 0 Å². The van der Waals surface area contributed by atoms with Crippen LogP contribution >= 0.6 is 0 Å². The molecule has 6 heteroatoms. The molecular formula is C16H33N5O. The molecule has 0 aromatic carbocycles. The second kappa shape index (κ2) is 8.98. The summed E-state index contributed by atoms with van der Waals surface area (Å²) in [5.41, 5.74) is 0. The summed E-state index contributed by atoms with van der Waals surface area (Å²) in [5, 5.41) is 6.79. The molecule has 22 heavy (non-hydrogen) atoms. The highest BCUT2D eigenvalue weighted by Gasteiger charge is 2.21. The van der Waals surface area contributed by atoms with Crippen molar-refractivity contribution < 1.29 is 4.79 Å². The lowest BCUT2D eigenvalue weighted by Crippen LogP contribution is -2.51. The van der Waals surface area contributed by atoms with Crippen LogP contribution in [0.15, 0.2) is 4.99 Å². The molecule has 0 aromatic heterocycles. The lowest BCUT2D eigenvalue weighted by molar-refractivity contribution is -0.127. The second-order valence-corrected chi connectivity index (χ2v) is 6.80. The SMILES string of the molecule is CC(C)NC(=NCC(=O)N(C)C)NC1CCN(C(C)C)CC1. The number of nitrogens with one attached hydrogen (secondary N) is 2. The molecule has 1 fully saturated rings. The van der Waals surface area contributed by atoms with Crippen molar-refractivity contribution in [3.05, 3.63) is 0 Å². The van der Waals surface area contributed by atoms with E-state index in [-0.39, 0.29) is 18.5 Å². The maximum atomic E-state index is 11.7. The molecule has 0 aromatic rings. The van der Waals surface area contributed by atoms with E-state index in [1.54, 1.807) is 19.0 Å². The lowest BCUT2D eigenvalue weighted by atomic mass is 10.0. The van der Waals surface area contributed by atoms with Crippen LogP contribution in [-0.4, -0.2) is 73.5 Å². The summed E-state index contributed by atoms with van der Waals surface area (Å²) >= 11 is 0. The fraction of sp³-hybridized carbons (Fsp3) is 0.875. The average molecular weight is 311 g/mol. The van der Waals surface area contributed by atoms with E-state index in [1.165, 1.54) is 0 Å². The van der Waals surface area contributed by atoms with E-state index >= 15 is 0 Å². The van der Waals surface area contributed by atoms with Crippen LogP contribution in [0, 0.1) is 0 Å². The Bertz CT molecular complexity index is 371. The van der Waals surface area contributed by atoms with Crippen molar-refractivity contribution in [3.8, 4) is 0 Å². The quantitative estimate of drug-likeness (QED) is 0.585. The molecule has 0 spiro atoms. The molecular weight excluding hydrogens is 278 g/mol. The molecule has 0 unspecified atom stereocenters. The Morgan fingerprint density at radius 1 is 1.23 bits per heavy atom. The minimum Gasteiger partial charge on any atom is -0.354 e. The van der Waals surface area contributed by atoms with Crippen LogP contribution in [0.5, 0.6) is 0 Å². The van der Waals surface area contributed by atoms with Gasteiger partial charge in [-0.1, -0.05) is 0 Å². The molecule has 0 aliphatic carbocycles. The third-order valence-corrected chi connectivity index (χ3v) is 3.90. The number of hydrogen-bond acceptors (Lipinski definition) is 3. The van der Waals surface area contributed by atoms with Crippen molar-refractivity contribution in [2.24, 2.45) is 4.99 Å². The Hall–Kier alpha value is -1.30. The second-order valence-electron chi connectivity index (χ2n) is 6.80. The molecule has 0 saturated carbocycles. The van der Waals surface area contributed by atoms with Crippen LogP contribution in [0.4, 0.5) is 0 Å². The van der Waals surface area contributed by atoms with Gasteiger partial charge in [-0.05, 0) is 40.5 Å². The maximum absolute atomic E-state index is 11.7. The molecule has 128 valence electrons. The summed E-state index contributed by atoms with van der Waals surface area (Å²) in [6.07, 6.45) is 2.22. The van der Waals surface area contributed by atoms with Gasteiger partial charge in [0.15, 0.2) is 5.96 Å². The van der Waals surface area contributed by atoms with E-state index in [4.69, 9.17) is 0 Å². The molecule has 1 saturated heterocycles. The van der Waals surface area contributed by atoms with Gasteiger partial charge < -0.3 is 20.4 Å². The van der Waals surface area contributed by atoms with Gasteiger partial charge in [-0.3, -0.25) is 4.79 Å². The number of amides is 1. The normalized spacial score (nSPS) is 17.9. The first-order chi connectivity index (χ1) is 10.3. The Morgan fingerprint density at radius 3 is 2.27 bits per heavy atom. The highest BCUT2D eigenvalue weighted by Crippen LogP contribution is 2.12. The van der Waals surface area contributed by atoms with Crippen molar-refractivity contribution in [2.45, 2.75) is 58.7 Å². The van der Waals surface area contributed by atoms with Crippen LogP contribution in [0.2, 0.25) is 0 Å². The topological polar surface area (TPSA) is 60.0 Å². The molecule has 0 atom stereocenters. The van der Waals surface area contributed by atoms with Gasteiger partial charge >= 0.3 is 0 Å². The number of carbonyl (C=O) groups is 1. The molecule has 1 aliphatic rings. The molecule has 1 rings (SSSR count). The molecule has 1 aliphatic heterocycles. The standard InChI is InChI=1S/C16H33N5O/c1-12(2)18-16(17-11-15(22)20(5)6)19-14-7-9-21(10-8-14)13(3)4/h12-14H,7-11H2,1-6H3,(H2,17,18,19). The van der Waals surface area contributed by atoms with Gasteiger partial charge in [0.05, 0.1) is 0 Å². The third kappa shape index (κ3) is 6.64. The summed E-state index contributed by atoms with van der Waals surface area (Å²) < 4.78 is 0. The zero-order valence-corrected chi connectivity index (χ0v) is 15.0. The highest BCUT2D eigenvalue weighted by atomic mass is 16.2. The van der Waals surface area contributed by atoms with E-state index in [9.17, 15) is 4.79 Å². The van der Waals surface area contributed by atoms with Crippen LogP contribution < -0.4 is 10.6 Å². The number of piperidine rings is 1. The molecule has 6 nitrogen and oxygen atoms in total. The number of rotatable bonds is 5. The fourth-order valence-corrected chi connectivity index (χ4v) is 2.45. The van der Waals surface area contributed by atoms with Crippen molar-refractivity contribution in [2.75, 3.05) is 33.7 Å². The number of hydrogen-bond donors (Lipinski definition) is 2. The Morgan fingerprint density at radius 2 is 1.82 bits per heavy atom. The molecule has 0 bridgehead atoms. The third-order valence-electron chi connectivity index (χ3n) is 3.90. The molecule has 1 heterocycles. The number of carbonyl (C=O) groups excluding carboxylic acids is 1. The smallest absolute Gasteiger partial charge is 0.243 e. The van der Waals surface area contributed by atoms with Gasteiger partial charge in [-0.15, -0.1) is 0 Å². The summed E-state index contributed by atoms with van der Waals surface area (Å²) in [5.74, 6) is 0.757. The first kappa shape index (κ1) is 18.7. The summed E-state index contributed by atoms with van der Waals surface area (Å²) in [4.78, 5) is 20.2. The number of likely N-dealkylation sites (tertiary alicyclic amines) is 1. The van der Waals surface area contributed by atoms with E-state index in [1.807, 2.05) is 0 Å². The van der Waals surface area contributed by atoms with E-state index in [0.29, 0.717) is 12.1 Å². The Kier molecular flexibility index (Phi) is 7.65. The molecule has 2 N–H and O–H groups in total. The zero-order valence-electron chi connectivity index (χ0n) is 15.0. The van der Waals surface area contributed by atoms with Crippen LogP contribution in [-0.2, 0) is 4.79 Å². The largest absolute Gasteiger partial charge is 0.354 e. The van der Waals surface area contributed by atoms with Gasteiger partial charge in [-0.25, -0.2) is 4.99 Å². The predicted octanol–water partition coefficient (Wildman–Crippen LogP) is 0.891. The monoisotopic (exact) mass is 311 g/mol. The van der Waals surface area contributed by atoms with Crippen LogP contribution in [0.3, 0.4) is 0 Å². The van der Waals surface area contributed by atoms with E-state index in [2.05, 4.69) is 48.2 Å². The Labute approximate surface area is 135 Å². The fourth-order valence-electron chi connectivity index (χ4n) is 2.45. The van der Waals surface area contributed by atoms with Crippen molar-refractivity contribution in [1.29, 1.82) is 0 Å². The van der Waals surface area contributed by atoms with Crippen LogP contribution in [0.1, 0.15) is 40.5 Å². The van der Waals surface area contributed by atoms with E-state index in [0.717, 1.165) is 31.9 Å². The summed E-state index contributed by atoms with van der Waals surface area (Å²) in [6, 6.07) is 1.33. The first-order valence-electron chi connectivity index (χ1n) is 8.31. The predicted molar refractivity (Wildman–Crippen MR) is 92.1 cm³/mol. The van der Waals surface area contributed by atoms with Gasteiger partial charge in [-0.2, -0.15) is 0 Å². The van der Waals surface area contributed by atoms with Gasteiger partial charge in [0, 0.05) is 45.3 Å². The number of guanidine groups is 1. The lowest BCUT2D eigenvalue weighted by Gasteiger charge is -2.35. The minimum absolute atomic E-state index is 0.0134. The van der Waals surface area contributed by atoms with Gasteiger partial charge in [0.1, 0.15) is 6.54 Å². The first-order valence-corrected chi connectivity index (χ1v) is 8.31. The van der Waals surface area contributed by atoms with E-state index < -0.39 is 0 Å². The van der Waals surface area contributed by atoms with Crippen molar-refractivity contribution in [1.82, 2.24) is 20.4 Å². The average Bonchev–Trinajstić information content (AvgIpc) is 2.44. The van der Waals surface area contributed by atoms with Gasteiger partial charge in [0.2, 0.25) is 5.91 Å². The minimum atomic E-state index is 0.0134. The molecule has 0 radical (unpaired) electrons. The van der Waals surface area contributed by atoms with Gasteiger partial charge in [0.25, 0.3) is 0 Å². The number of aliphatic imine (C=N–C) groups is 1. The summed E-state index contributed by atoms with van der Waals surface area (Å²) in [6.45, 7) is 11.0. The molecule has 1 amide bonds. The summed E-state index contributed by atoms with van der Waals surface area (Å²) in [7, 11) is 3.50. The van der Waals surface area contributed by atoms with Crippen LogP contribution in [0.25, 0.3) is 0 Å². The Balaban J connectivity index is 2.55. The number of nitrogens with zero attached hydrogens (tertiary/aromatic N) is 3. The maximum Gasteiger partial charge on any atom is 0.243 e.